The molecule has 0 amide bonds. The number of nitrogens with one attached hydrogen (secondary N) is 1. The van der Waals surface area contributed by atoms with Crippen LogP contribution in [0.5, 0.6) is 5.75 Å². The number of hydrogen-bond acceptors (Lipinski definition) is 3. The third-order valence-electron chi connectivity index (χ3n) is 4.29. The van der Waals surface area contributed by atoms with Crippen LogP contribution in [0, 0.1) is 5.41 Å². The molecular weight excluding hydrogens is 330 g/mol. The Kier molecular flexibility index (Phi) is 8.30. The second-order valence-electron chi connectivity index (χ2n) is 5.51. The molecular formula is C17H28BrNO2. The summed E-state index contributed by atoms with van der Waals surface area (Å²) in [5.41, 5.74) is 1.52. The molecule has 0 aliphatic heterocycles. The van der Waals surface area contributed by atoms with Crippen molar-refractivity contribution in [1.82, 2.24) is 5.32 Å². The van der Waals surface area contributed by atoms with Crippen molar-refractivity contribution < 1.29 is 9.47 Å². The Morgan fingerprint density at radius 2 is 1.90 bits per heavy atom. The summed E-state index contributed by atoms with van der Waals surface area (Å²) in [5, 5.41) is 3.52. The SMILES string of the molecule is CCC(CC)(CNCCOC)Cc1cc(Br)ccc1OC. The van der Waals surface area contributed by atoms with E-state index >= 15 is 0 Å². The van der Waals surface area contributed by atoms with Crippen molar-refractivity contribution >= 4 is 15.9 Å². The highest BCUT2D eigenvalue weighted by molar-refractivity contribution is 9.10. The number of benzene rings is 1. The lowest BCUT2D eigenvalue weighted by Gasteiger charge is -2.33. The lowest BCUT2D eigenvalue weighted by Crippen LogP contribution is -2.36. The number of rotatable bonds is 10. The van der Waals surface area contributed by atoms with E-state index in [1.165, 1.54) is 5.56 Å². The molecule has 4 heteroatoms. The standard InChI is InChI=1S/C17H28BrNO2/c1-5-17(6-2,13-19-9-10-20-3)12-14-11-15(18)7-8-16(14)21-4/h7-8,11,19H,5-6,9-10,12-13H2,1-4H3. The van der Waals surface area contributed by atoms with Gasteiger partial charge in [0.2, 0.25) is 0 Å². The van der Waals surface area contributed by atoms with E-state index in [2.05, 4.69) is 41.2 Å². The van der Waals surface area contributed by atoms with Gasteiger partial charge in [0.15, 0.2) is 0 Å². The zero-order valence-electron chi connectivity index (χ0n) is 13.7. The molecule has 0 spiro atoms. The lowest BCUT2D eigenvalue weighted by molar-refractivity contribution is 0.185. The molecule has 1 rings (SSSR count). The van der Waals surface area contributed by atoms with E-state index in [0.29, 0.717) is 0 Å². The smallest absolute Gasteiger partial charge is 0.122 e. The summed E-state index contributed by atoms with van der Waals surface area (Å²) in [6.45, 7) is 7.19. The van der Waals surface area contributed by atoms with Gasteiger partial charge in [-0.1, -0.05) is 29.8 Å². The summed E-state index contributed by atoms with van der Waals surface area (Å²) in [6, 6.07) is 6.24. The van der Waals surface area contributed by atoms with E-state index in [1.54, 1.807) is 14.2 Å². The molecule has 1 aromatic carbocycles. The quantitative estimate of drug-likeness (QED) is 0.641. The van der Waals surface area contributed by atoms with Gasteiger partial charge < -0.3 is 14.8 Å². The van der Waals surface area contributed by atoms with Gasteiger partial charge in [0, 0.05) is 24.7 Å². The van der Waals surface area contributed by atoms with Crippen LogP contribution in [0.1, 0.15) is 32.3 Å². The molecule has 3 nitrogen and oxygen atoms in total. The van der Waals surface area contributed by atoms with Crippen molar-refractivity contribution in [2.24, 2.45) is 5.41 Å². The molecule has 1 aromatic rings. The molecule has 0 aliphatic rings. The van der Waals surface area contributed by atoms with Crippen LogP contribution in [0.3, 0.4) is 0 Å². The fraction of sp³-hybridized carbons (Fsp3) is 0.647. The van der Waals surface area contributed by atoms with Gasteiger partial charge in [0.1, 0.15) is 5.75 Å². The van der Waals surface area contributed by atoms with E-state index in [0.717, 1.165) is 49.2 Å². The first-order valence-corrected chi connectivity index (χ1v) is 8.42. The molecule has 0 fully saturated rings. The summed E-state index contributed by atoms with van der Waals surface area (Å²) in [6.07, 6.45) is 3.29. The predicted octanol–water partition coefficient (Wildman–Crippen LogP) is 4.04. The van der Waals surface area contributed by atoms with Crippen molar-refractivity contribution in [3.05, 3.63) is 28.2 Å². The maximum atomic E-state index is 5.52. The van der Waals surface area contributed by atoms with E-state index < -0.39 is 0 Å². The molecule has 0 atom stereocenters. The molecule has 0 unspecified atom stereocenters. The third-order valence-corrected chi connectivity index (χ3v) is 4.78. The second kappa shape index (κ2) is 9.44. The van der Waals surface area contributed by atoms with E-state index in [-0.39, 0.29) is 5.41 Å². The molecule has 1 N–H and O–H groups in total. The Morgan fingerprint density at radius 1 is 1.19 bits per heavy atom. The first-order chi connectivity index (χ1) is 10.1. The van der Waals surface area contributed by atoms with Gasteiger partial charge in [-0.2, -0.15) is 0 Å². The zero-order valence-corrected chi connectivity index (χ0v) is 15.3. The van der Waals surface area contributed by atoms with Crippen LogP contribution < -0.4 is 10.1 Å². The number of ether oxygens (including phenoxy) is 2. The average molecular weight is 358 g/mol. The minimum Gasteiger partial charge on any atom is -0.496 e. The molecule has 0 aliphatic carbocycles. The molecule has 0 heterocycles. The van der Waals surface area contributed by atoms with Crippen molar-refractivity contribution in [3.63, 3.8) is 0 Å². The largest absolute Gasteiger partial charge is 0.496 e. The molecule has 0 aromatic heterocycles. The molecule has 0 saturated heterocycles. The third kappa shape index (κ3) is 5.61. The predicted molar refractivity (Wildman–Crippen MR) is 92.2 cm³/mol. The van der Waals surface area contributed by atoms with Crippen molar-refractivity contribution in [3.8, 4) is 5.75 Å². The Balaban J connectivity index is 2.83. The van der Waals surface area contributed by atoms with E-state index in [9.17, 15) is 0 Å². The van der Waals surface area contributed by atoms with Crippen molar-refractivity contribution in [2.75, 3.05) is 33.9 Å². The van der Waals surface area contributed by atoms with E-state index in [4.69, 9.17) is 9.47 Å². The summed E-state index contributed by atoms with van der Waals surface area (Å²) in [5.74, 6) is 0.973. The highest BCUT2D eigenvalue weighted by atomic mass is 79.9. The number of methoxy groups -OCH3 is 2. The maximum absolute atomic E-state index is 5.52. The fourth-order valence-electron chi connectivity index (χ4n) is 2.63. The van der Waals surface area contributed by atoms with Gasteiger partial charge in [-0.15, -0.1) is 0 Å². The monoisotopic (exact) mass is 357 g/mol. The Labute approximate surface area is 137 Å². The zero-order chi connectivity index (χ0) is 15.7. The van der Waals surface area contributed by atoms with Crippen molar-refractivity contribution in [1.29, 1.82) is 0 Å². The molecule has 21 heavy (non-hydrogen) atoms. The van der Waals surface area contributed by atoms with Gasteiger partial charge in [-0.3, -0.25) is 0 Å². The second-order valence-corrected chi connectivity index (χ2v) is 6.43. The lowest BCUT2D eigenvalue weighted by atomic mass is 9.76. The van der Waals surface area contributed by atoms with Gasteiger partial charge in [-0.25, -0.2) is 0 Å². The summed E-state index contributed by atoms with van der Waals surface area (Å²) < 4.78 is 11.7. The summed E-state index contributed by atoms with van der Waals surface area (Å²) in [4.78, 5) is 0. The Bertz CT molecular complexity index is 419. The fourth-order valence-corrected chi connectivity index (χ4v) is 3.04. The van der Waals surface area contributed by atoms with E-state index in [1.807, 2.05) is 12.1 Å². The highest BCUT2D eigenvalue weighted by Gasteiger charge is 2.27. The minimum atomic E-state index is 0.252. The van der Waals surface area contributed by atoms with Crippen molar-refractivity contribution in [2.45, 2.75) is 33.1 Å². The van der Waals surface area contributed by atoms with Gasteiger partial charge >= 0.3 is 0 Å². The van der Waals surface area contributed by atoms with Crippen LogP contribution in [0.4, 0.5) is 0 Å². The van der Waals surface area contributed by atoms with Crippen LogP contribution in [0.2, 0.25) is 0 Å². The van der Waals surface area contributed by atoms with Gasteiger partial charge in [0.25, 0.3) is 0 Å². The Morgan fingerprint density at radius 3 is 2.48 bits per heavy atom. The Hall–Kier alpha value is -0.580. The summed E-state index contributed by atoms with van der Waals surface area (Å²) >= 11 is 3.56. The number of hydrogen-bond donors (Lipinski definition) is 1. The minimum absolute atomic E-state index is 0.252. The number of halogens is 1. The van der Waals surface area contributed by atoms with Crippen LogP contribution >= 0.6 is 15.9 Å². The van der Waals surface area contributed by atoms with Crippen LogP contribution in [-0.2, 0) is 11.2 Å². The summed E-state index contributed by atoms with van der Waals surface area (Å²) in [7, 11) is 3.48. The molecule has 0 saturated carbocycles. The van der Waals surface area contributed by atoms with Gasteiger partial charge in [0.05, 0.1) is 13.7 Å². The maximum Gasteiger partial charge on any atom is 0.122 e. The normalized spacial score (nSPS) is 11.7. The highest BCUT2D eigenvalue weighted by Crippen LogP contribution is 2.34. The van der Waals surface area contributed by atoms with Gasteiger partial charge in [-0.05, 0) is 48.4 Å². The van der Waals surface area contributed by atoms with Crippen LogP contribution in [-0.4, -0.2) is 33.9 Å². The molecule has 0 radical (unpaired) electrons. The van der Waals surface area contributed by atoms with Crippen LogP contribution in [0.25, 0.3) is 0 Å². The average Bonchev–Trinajstić information content (AvgIpc) is 2.50. The molecule has 120 valence electrons. The first-order valence-electron chi connectivity index (χ1n) is 7.63. The van der Waals surface area contributed by atoms with Crippen LogP contribution in [0.15, 0.2) is 22.7 Å². The first kappa shape index (κ1) is 18.5. The molecule has 0 bridgehead atoms. The topological polar surface area (TPSA) is 30.5 Å².